The summed E-state index contributed by atoms with van der Waals surface area (Å²) in [5, 5.41) is 4.61. The van der Waals surface area contributed by atoms with E-state index in [9.17, 15) is 0 Å². The van der Waals surface area contributed by atoms with Crippen molar-refractivity contribution >= 4 is 22.3 Å². The zero-order valence-electron chi connectivity index (χ0n) is 12.4. The van der Waals surface area contributed by atoms with Crippen LogP contribution in [0, 0.1) is 6.92 Å². The maximum atomic E-state index is 5.90. The predicted octanol–water partition coefficient (Wildman–Crippen LogP) is 1.87. The summed E-state index contributed by atoms with van der Waals surface area (Å²) in [6.45, 7) is 7.67. The number of hydrogen-bond acceptors (Lipinski definition) is 5. The molecule has 2 heterocycles. The van der Waals surface area contributed by atoms with E-state index in [0.717, 1.165) is 67.4 Å². The first kappa shape index (κ1) is 14.1. The van der Waals surface area contributed by atoms with Crippen molar-refractivity contribution in [2.45, 2.75) is 6.92 Å². The number of nitrogens with two attached hydrogens (primary N) is 1. The zero-order chi connectivity index (χ0) is 14.7. The molecule has 0 radical (unpaired) electrons. The number of ether oxygens (including phenoxy) is 1. The van der Waals surface area contributed by atoms with Crippen molar-refractivity contribution in [1.82, 2.24) is 9.88 Å². The van der Waals surface area contributed by atoms with Crippen LogP contribution in [0.15, 0.2) is 24.3 Å². The minimum atomic E-state index is 0.768. The molecule has 1 aromatic carbocycles. The first-order valence-corrected chi connectivity index (χ1v) is 7.43. The van der Waals surface area contributed by atoms with Crippen molar-refractivity contribution in [3.63, 3.8) is 0 Å². The van der Waals surface area contributed by atoms with Crippen molar-refractivity contribution < 1.29 is 4.74 Å². The standard InChI is InChI=1S/C16H22N4O/c1-12-10-16(14-11-13(17)2-3-15(14)19-12)18-4-5-20-6-8-21-9-7-20/h2-3,10-11H,4-9,17H2,1H3,(H,18,19). The van der Waals surface area contributed by atoms with Gasteiger partial charge in [-0.15, -0.1) is 0 Å². The third-order valence-corrected chi connectivity index (χ3v) is 3.81. The molecule has 1 fully saturated rings. The lowest BCUT2D eigenvalue weighted by Crippen LogP contribution is -2.39. The topological polar surface area (TPSA) is 63.4 Å². The SMILES string of the molecule is Cc1cc(NCCN2CCOCC2)c2cc(N)ccc2n1. The van der Waals surface area contributed by atoms with E-state index in [1.807, 2.05) is 25.1 Å². The number of nitrogens with one attached hydrogen (secondary N) is 1. The van der Waals surface area contributed by atoms with Gasteiger partial charge in [-0.25, -0.2) is 0 Å². The van der Waals surface area contributed by atoms with E-state index < -0.39 is 0 Å². The van der Waals surface area contributed by atoms with Gasteiger partial charge in [0.15, 0.2) is 0 Å². The van der Waals surface area contributed by atoms with Crippen LogP contribution in [0.2, 0.25) is 0 Å². The number of nitrogen functional groups attached to an aromatic ring is 1. The maximum absolute atomic E-state index is 5.90. The number of pyridine rings is 1. The monoisotopic (exact) mass is 286 g/mol. The fourth-order valence-corrected chi connectivity index (χ4v) is 2.70. The van der Waals surface area contributed by atoms with E-state index in [-0.39, 0.29) is 0 Å². The number of nitrogens with zero attached hydrogens (tertiary/aromatic N) is 2. The Bertz CT molecular complexity index is 623. The van der Waals surface area contributed by atoms with Crippen molar-refractivity contribution in [2.24, 2.45) is 0 Å². The molecule has 0 saturated carbocycles. The van der Waals surface area contributed by atoms with Crippen LogP contribution in [0.3, 0.4) is 0 Å². The predicted molar refractivity (Wildman–Crippen MR) is 86.6 cm³/mol. The third kappa shape index (κ3) is 3.43. The van der Waals surface area contributed by atoms with Crippen molar-refractivity contribution in [1.29, 1.82) is 0 Å². The average molecular weight is 286 g/mol. The average Bonchev–Trinajstić information content (AvgIpc) is 2.49. The number of rotatable bonds is 4. The summed E-state index contributed by atoms with van der Waals surface area (Å²) in [6, 6.07) is 7.94. The smallest absolute Gasteiger partial charge is 0.0727 e. The maximum Gasteiger partial charge on any atom is 0.0727 e. The Hall–Kier alpha value is -1.85. The summed E-state index contributed by atoms with van der Waals surface area (Å²) in [7, 11) is 0. The number of benzene rings is 1. The van der Waals surface area contributed by atoms with Gasteiger partial charge in [0, 0.05) is 48.6 Å². The highest BCUT2D eigenvalue weighted by molar-refractivity contribution is 5.93. The number of aromatic nitrogens is 1. The van der Waals surface area contributed by atoms with E-state index in [2.05, 4.69) is 21.3 Å². The van der Waals surface area contributed by atoms with E-state index in [4.69, 9.17) is 10.5 Å². The Morgan fingerprint density at radius 1 is 1.29 bits per heavy atom. The molecule has 3 rings (SSSR count). The molecule has 5 nitrogen and oxygen atoms in total. The van der Waals surface area contributed by atoms with Crippen LogP contribution >= 0.6 is 0 Å². The molecule has 2 aromatic rings. The van der Waals surface area contributed by atoms with Gasteiger partial charge in [-0.3, -0.25) is 9.88 Å². The van der Waals surface area contributed by atoms with Gasteiger partial charge in [-0.2, -0.15) is 0 Å². The molecule has 0 spiro atoms. The van der Waals surface area contributed by atoms with E-state index in [1.165, 1.54) is 0 Å². The molecule has 0 unspecified atom stereocenters. The third-order valence-electron chi connectivity index (χ3n) is 3.81. The molecule has 0 aliphatic carbocycles. The van der Waals surface area contributed by atoms with Gasteiger partial charge >= 0.3 is 0 Å². The Morgan fingerprint density at radius 2 is 2.10 bits per heavy atom. The summed E-state index contributed by atoms with van der Waals surface area (Å²) in [5.74, 6) is 0. The highest BCUT2D eigenvalue weighted by atomic mass is 16.5. The number of anilines is 2. The fraction of sp³-hybridized carbons (Fsp3) is 0.438. The van der Waals surface area contributed by atoms with Crippen molar-refractivity contribution in [2.75, 3.05) is 50.4 Å². The molecule has 0 bridgehead atoms. The molecule has 21 heavy (non-hydrogen) atoms. The normalized spacial score (nSPS) is 16.2. The van der Waals surface area contributed by atoms with Crippen LogP contribution in [-0.4, -0.2) is 49.3 Å². The number of morpholine rings is 1. The molecule has 112 valence electrons. The highest BCUT2D eigenvalue weighted by Gasteiger charge is 2.10. The molecule has 1 aromatic heterocycles. The Morgan fingerprint density at radius 3 is 2.90 bits per heavy atom. The summed E-state index contributed by atoms with van der Waals surface area (Å²) < 4.78 is 5.37. The molecule has 0 atom stereocenters. The molecule has 1 saturated heterocycles. The van der Waals surface area contributed by atoms with E-state index in [0.29, 0.717) is 0 Å². The Balaban J connectivity index is 1.71. The largest absolute Gasteiger partial charge is 0.399 e. The second kappa shape index (κ2) is 6.28. The Kier molecular flexibility index (Phi) is 4.22. The van der Waals surface area contributed by atoms with Crippen LogP contribution in [0.4, 0.5) is 11.4 Å². The van der Waals surface area contributed by atoms with Crippen LogP contribution < -0.4 is 11.1 Å². The number of fused-ring (bicyclic) bond motifs is 1. The molecule has 5 heteroatoms. The second-order valence-corrected chi connectivity index (χ2v) is 5.47. The zero-order valence-corrected chi connectivity index (χ0v) is 12.4. The van der Waals surface area contributed by atoms with Gasteiger partial charge in [0.25, 0.3) is 0 Å². The molecule has 3 N–H and O–H groups in total. The molecule has 1 aliphatic rings. The summed E-state index contributed by atoms with van der Waals surface area (Å²) in [4.78, 5) is 6.97. The minimum Gasteiger partial charge on any atom is -0.399 e. The quantitative estimate of drug-likeness (QED) is 0.840. The number of aryl methyl sites for hydroxylation is 1. The molecular weight excluding hydrogens is 264 g/mol. The lowest BCUT2D eigenvalue weighted by Gasteiger charge is -2.26. The first-order chi connectivity index (χ1) is 10.2. The molecular formula is C16H22N4O. The fourth-order valence-electron chi connectivity index (χ4n) is 2.70. The second-order valence-electron chi connectivity index (χ2n) is 5.47. The first-order valence-electron chi connectivity index (χ1n) is 7.43. The highest BCUT2D eigenvalue weighted by Crippen LogP contribution is 2.25. The summed E-state index contributed by atoms with van der Waals surface area (Å²) >= 11 is 0. The minimum absolute atomic E-state index is 0.768. The van der Waals surface area contributed by atoms with Gasteiger partial charge < -0.3 is 15.8 Å². The van der Waals surface area contributed by atoms with Crippen LogP contribution in [0.5, 0.6) is 0 Å². The Labute approximate surface area is 125 Å². The lowest BCUT2D eigenvalue weighted by atomic mass is 10.1. The van der Waals surface area contributed by atoms with Crippen molar-refractivity contribution in [3.8, 4) is 0 Å². The van der Waals surface area contributed by atoms with Crippen LogP contribution in [0.25, 0.3) is 10.9 Å². The number of hydrogen-bond donors (Lipinski definition) is 2. The van der Waals surface area contributed by atoms with Gasteiger partial charge in [-0.05, 0) is 31.2 Å². The van der Waals surface area contributed by atoms with Gasteiger partial charge in [0.2, 0.25) is 0 Å². The van der Waals surface area contributed by atoms with Crippen molar-refractivity contribution in [3.05, 3.63) is 30.0 Å². The van der Waals surface area contributed by atoms with Gasteiger partial charge in [0.1, 0.15) is 0 Å². The van der Waals surface area contributed by atoms with E-state index in [1.54, 1.807) is 0 Å². The van der Waals surface area contributed by atoms with Crippen LogP contribution in [0.1, 0.15) is 5.69 Å². The molecule has 1 aliphatic heterocycles. The lowest BCUT2D eigenvalue weighted by molar-refractivity contribution is 0.0398. The molecule has 0 amide bonds. The van der Waals surface area contributed by atoms with Gasteiger partial charge in [0.05, 0.1) is 18.7 Å². The van der Waals surface area contributed by atoms with Crippen LogP contribution in [-0.2, 0) is 4.74 Å². The van der Waals surface area contributed by atoms with E-state index >= 15 is 0 Å². The summed E-state index contributed by atoms with van der Waals surface area (Å²) in [6.07, 6.45) is 0. The van der Waals surface area contributed by atoms with Gasteiger partial charge in [-0.1, -0.05) is 0 Å². The summed E-state index contributed by atoms with van der Waals surface area (Å²) in [5.41, 5.74) is 9.78.